The zero-order chi connectivity index (χ0) is 13.0. The first-order valence-electron chi connectivity index (χ1n) is 6.40. The Kier molecular flexibility index (Phi) is 4.26. The maximum absolute atomic E-state index is 3.17. The quantitative estimate of drug-likeness (QED) is 0.862. The van der Waals surface area contributed by atoms with Gasteiger partial charge in [0.2, 0.25) is 0 Å². The van der Waals surface area contributed by atoms with Gasteiger partial charge in [-0.15, -0.1) is 11.3 Å². The van der Waals surface area contributed by atoms with Crippen molar-refractivity contribution in [3.63, 3.8) is 0 Å². The Bertz CT molecular complexity index is 483. The van der Waals surface area contributed by atoms with Crippen LogP contribution in [-0.2, 0) is 0 Å². The van der Waals surface area contributed by atoms with Crippen molar-refractivity contribution in [2.45, 2.75) is 13.8 Å². The normalized spacial score (nSPS) is 10.4. The lowest BCUT2D eigenvalue weighted by atomic mass is 10.1. The molecule has 0 unspecified atom stereocenters. The molecule has 0 saturated carbocycles. The molecule has 0 spiro atoms. The Labute approximate surface area is 113 Å². The van der Waals surface area contributed by atoms with E-state index in [0.29, 0.717) is 0 Å². The monoisotopic (exact) mass is 260 g/mol. The van der Waals surface area contributed by atoms with E-state index in [4.69, 9.17) is 0 Å². The van der Waals surface area contributed by atoms with E-state index in [1.807, 2.05) is 7.05 Å². The van der Waals surface area contributed by atoms with Gasteiger partial charge in [0.1, 0.15) is 0 Å². The predicted octanol–water partition coefficient (Wildman–Crippen LogP) is 4.30. The summed E-state index contributed by atoms with van der Waals surface area (Å²) in [5, 5.41) is 5.31. The molecule has 0 atom stereocenters. The predicted molar refractivity (Wildman–Crippen MR) is 82.9 cm³/mol. The zero-order valence-corrected chi connectivity index (χ0v) is 12.1. The largest absolute Gasteiger partial charge is 0.387 e. The number of hydrogen-bond acceptors (Lipinski definition) is 3. The third-order valence-corrected chi connectivity index (χ3v) is 4.15. The fourth-order valence-corrected chi connectivity index (χ4v) is 2.95. The van der Waals surface area contributed by atoms with Crippen molar-refractivity contribution in [2.24, 2.45) is 0 Å². The smallest absolute Gasteiger partial charge is 0.0452 e. The topological polar surface area (TPSA) is 15.3 Å². The molecule has 3 heteroatoms. The third kappa shape index (κ3) is 2.67. The van der Waals surface area contributed by atoms with Gasteiger partial charge in [0.25, 0.3) is 0 Å². The minimum absolute atomic E-state index is 1.05. The highest BCUT2D eigenvalue weighted by Crippen LogP contribution is 2.30. The molecule has 18 heavy (non-hydrogen) atoms. The van der Waals surface area contributed by atoms with Crippen LogP contribution in [0.15, 0.2) is 35.7 Å². The van der Waals surface area contributed by atoms with E-state index in [0.717, 1.165) is 13.1 Å². The van der Waals surface area contributed by atoms with Crippen LogP contribution in [0.5, 0.6) is 0 Å². The van der Waals surface area contributed by atoms with E-state index >= 15 is 0 Å². The molecule has 0 bridgehead atoms. The highest BCUT2D eigenvalue weighted by molar-refractivity contribution is 7.14. The van der Waals surface area contributed by atoms with Gasteiger partial charge in [0, 0.05) is 41.8 Å². The Hall–Kier alpha value is -1.48. The van der Waals surface area contributed by atoms with Gasteiger partial charge in [-0.25, -0.2) is 0 Å². The SMILES string of the molecule is CCN(CC)c1ccc(-c2cc(NC)cs2)cc1. The molecule has 96 valence electrons. The second-order valence-electron chi connectivity index (χ2n) is 4.17. The number of thiophene rings is 1. The van der Waals surface area contributed by atoms with E-state index in [9.17, 15) is 0 Å². The van der Waals surface area contributed by atoms with Crippen LogP contribution < -0.4 is 10.2 Å². The van der Waals surface area contributed by atoms with Crippen LogP contribution in [0, 0.1) is 0 Å². The minimum Gasteiger partial charge on any atom is -0.387 e. The van der Waals surface area contributed by atoms with Crippen molar-refractivity contribution in [2.75, 3.05) is 30.4 Å². The Morgan fingerprint density at radius 2 is 1.78 bits per heavy atom. The number of nitrogens with zero attached hydrogens (tertiary/aromatic N) is 1. The van der Waals surface area contributed by atoms with Crippen LogP contribution in [0.4, 0.5) is 11.4 Å². The zero-order valence-electron chi connectivity index (χ0n) is 11.2. The van der Waals surface area contributed by atoms with Gasteiger partial charge in [-0.3, -0.25) is 0 Å². The van der Waals surface area contributed by atoms with Crippen LogP contribution in [0.2, 0.25) is 0 Å². The summed E-state index contributed by atoms with van der Waals surface area (Å²) in [7, 11) is 1.95. The lowest BCUT2D eigenvalue weighted by Crippen LogP contribution is -2.21. The molecule has 1 aromatic heterocycles. The molecule has 0 amide bonds. The van der Waals surface area contributed by atoms with E-state index in [1.54, 1.807) is 11.3 Å². The van der Waals surface area contributed by atoms with Crippen molar-refractivity contribution >= 4 is 22.7 Å². The Morgan fingerprint density at radius 1 is 1.11 bits per heavy atom. The molecule has 2 aromatic rings. The number of rotatable bonds is 5. The molecule has 0 fully saturated rings. The molecule has 0 aliphatic rings. The van der Waals surface area contributed by atoms with Crippen molar-refractivity contribution in [3.05, 3.63) is 35.7 Å². The second-order valence-corrected chi connectivity index (χ2v) is 5.08. The first kappa shape index (κ1) is 13.0. The highest BCUT2D eigenvalue weighted by Gasteiger charge is 2.04. The molecular weight excluding hydrogens is 240 g/mol. The van der Waals surface area contributed by atoms with E-state index in [2.05, 4.69) is 59.8 Å². The molecule has 0 radical (unpaired) electrons. The van der Waals surface area contributed by atoms with Gasteiger partial charge in [-0.05, 0) is 37.6 Å². The van der Waals surface area contributed by atoms with Gasteiger partial charge in [-0.1, -0.05) is 12.1 Å². The molecule has 1 N–H and O–H groups in total. The van der Waals surface area contributed by atoms with Crippen LogP contribution in [0.25, 0.3) is 10.4 Å². The standard InChI is InChI=1S/C15H20N2S/c1-4-17(5-2)14-8-6-12(7-9-14)15-10-13(16-3)11-18-15/h6-11,16H,4-5H2,1-3H3. The van der Waals surface area contributed by atoms with Crippen LogP contribution in [0.3, 0.4) is 0 Å². The van der Waals surface area contributed by atoms with Gasteiger partial charge >= 0.3 is 0 Å². The Balaban J connectivity index is 2.21. The summed E-state index contributed by atoms with van der Waals surface area (Å²) >= 11 is 1.78. The van der Waals surface area contributed by atoms with Crippen molar-refractivity contribution in [3.8, 4) is 10.4 Å². The van der Waals surface area contributed by atoms with Crippen LogP contribution in [0.1, 0.15) is 13.8 Å². The summed E-state index contributed by atoms with van der Waals surface area (Å²) in [4.78, 5) is 3.67. The van der Waals surface area contributed by atoms with Crippen molar-refractivity contribution in [1.82, 2.24) is 0 Å². The molecular formula is C15H20N2S. The minimum atomic E-state index is 1.05. The van der Waals surface area contributed by atoms with Crippen molar-refractivity contribution in [1.29, 1.82) is 0 Å². The lowest BCUT2D eigenvalue weighted by molar-refractivity contribution is 0.866. The molecule has 2 nitrogen and oxygen atoms in total. The van der Waals surface area contributed by atoms with Gasteiger partial charge in [0.15, 0.2) is 0 Å². The highest BCUT2D eigenvalue weighted by atomic mass is 32.1. The first-order chi connectivity index (χ1) is 8.78. The molecule has 0 aliphatic carbocycles. The fourth-order valence-electron chi connectivity index (χ4n) is 2.04. The van der Waals surface area contributed by atoms with Crippen molar-refractivity contribution < 1.29 is 0 Å². The van der Waals surface area contributed by atoms with E-state index in [-0.39, 0.29) is 0 Å². The third-order valence-electron chi connectivity index (χ3n) is 3.17. The van der Waals surface area contributed by atoms with E-state index in [1.165, 1.54) is 21.8 Å². The Morgan fingerprint density at radius 3 is 2.28 bits per heavy atom. The maximum Gasteiger partial charge on any atom is 0.0452 e. The molecule has 0 aliphatic heterocycles. The number of benzene rings is 1. The summed E-state index contributed by atoms with van der Waals surface area (Å²) in [6, 6.07) is 11.0. The molecule has 1 aromatic carbocycles. The first-order valence-corrected chi connectivity index (χ1v) is 7.28. The molecule has 1 heterocycles. The summed E-state index contributed by atoms with van der Waals surface area (Å²) < 4.78 is 0. The van der Waals surface area contributed by atoms with E-state index < -0.39 is 0 Å². The maximum atomic E-state index is 3.17. The van der Waals surface area contributed by atoms with Crippen LogP contribution in [-0.4, -0.2) is 20.1 Å². The number of nitrogens with one attached hydrogen (secondary N) is 1. The average Bonchev–Trinajstić information content (AvgIpc) is 2.90. The average molecular weight is 260 g/mol. The molecule has 0 saturated heterocycles. The number of hydrogen-bond donors (Lipinski definition) is 1. The number of anilines is 2. The van der Waals surface area contributed by atoms with Gasteiger partial charge < -0.3 is 10.2 Å². The summed E-state index contributed by atoms with van der Waals surface area (Å²) in [5.41, 5.74) is 3.77. The second kappa shape index (κ2) is 5.91. The van der Waals surface area contributed by atoms with Crippen LogP contribution >= 0.6 is 11.3 Å². The van der Waals surface area contributed by atoms with Gasteiger partial charge in [0.05, 0.1) is 0 Å². The lowest BCUT2D eigenvalue weighted by Gasteiger charge is -2.21. The molecule has 2 rings (SSSR count). The summed E-state index contributed by atoms with van der Waals surface area (Å²) in [5.74, 6) is 0. The fraction of sp³-hybridized carbons (Fsp3) is 0.333. The summed E-state index contributed by atoms with van der Waals surface area (Å²) in [6.45, 7) is 6.49. The van der Waals surface area contributed by atoms with Gasteiger partial charge in [-0.2, -0.15) is 0 Å². The summed E-state index contributed by atoms with van der Waals surface area (Å²) in [6.07, 6.45) is 0.